The minimum absolute atomic E-state index is 0.112. The predicted octanol–water partition coefficient (Wildman–Crippen LogP) is 1.60. The third-order valence-corrected chi connectivity index (χ3v) is 3.87. The third-order valence-electron chi connectivity index (χ3n) is 3.87. The van der Waals surface area contributed by atoms with Crippen LogP contribution in [0.2, 0.25) is 0 Å². The van der Waals surface area contributed by atoms with Gasteiger partial charge in [-0.1, -0.05) is 13.8 Å². The van der Waals surface area contributed by atoms with Gasteiger partial charge >= 0.3 is 0 Å². The number of hydrogen-bond acceptors (Lipinski definition) is 5. The minimum atomic E-state index is -0.241. The van der Waals surface area contributed by atoms with Crippen LogP contribution in [-0.2, 0) is 0 Å². The van der Waals surface area contributed by atoms with Crippen molar-refractivity contribution in [3.63, 3.8) is 0 Å². The van der Waals surface area contributed by atoms with Crippen LogP contribution in [0.15, 0.2) is 24.5 Å². The van der Waals surface area contributed by atoms with Crippen molar-refractivity contribution in [2.75, 3.05) is 5.32 Å². The number of anilines is 1. The lowest BCUT2D eigenvalue weighted by Crippen LogP contribution is -2.57. The Morgan fingerprint density at radius 1 is 1.28 bits per heavy atom. The highest BCUT2D eigenvalue weighted by atomic mass is 16.3. The topological polar surface area (TPSA) is 70.9 Å². The van der Waals surface area contributed by atoms with Gasteiger partial charge < -0.3 is 10.4 Å². The van der Waals surface area contributed by atoms with E-state index in [4.69, 9.17) is 0 Å². The normalized spacial score (nSPS) is 25.7. The summed E-state index contributed by atoms with van der Waals surface area (Å²) in [6.07, 6.45) is 3.81. The number of aliphatic hydroxyl groups excluding tert-OH is 1. The molecule has 1 aliphatic carbocycles. The summed E-state index contributed by atoms with van der Waals surface area (Å²) in [5, 5.41) is 13.1. The number of fused-ring (bicyclic) bond motifs is 1. The summed E-state index contributed by atoms with van der Waals surface area (Å²) in [7, 11) is 0. The molecule has 5 nitrogen and oxygen atoms in total. The summed E-state index contributed by atoms with van der Waals surface area (Å²) < 4.78 is 0. The number of rotatable bonds is 2. The first-order chi connectivity index (χ1) is 8.57. The fourth-order valence-corrected chi connectivity index (χ4v) is 2.26. The lowest BCUT2D eigenvalue weighted by atomic mass is 9.64. The van der Waals surface area contributed by atoms with Crippen LogP contribution in [0.25, 0.3) is 11.2 Å². The van der Waals surface area contributed by atoms with Crippen molar-refractivity contribution < 1.29 is 5.11 Å². The summed E-state index contributed by atoms with van der Waals surface area (Å²) in [5.74, 6) is 0.785. The molecule has 0 bridgehead atoms. The molecule has 1 fully saturated rings. The highest BCUT2D eigenvalue weighted by Gasteiger charge is 2.47. The highest BCUT2D eigenvalue weighted by molar-refractivity contribution is 5.71. The quantitative estimate of drug-likeness (QED) is 0.839. The summed E-state index contributed by atoms with van der Waals surface area (Å²) in [4.78, 5) is 12.8. The Labute approximate surface area is 105 Å². The van der Waals surface area contributed by atoms with Crippen molar-refractivity contribution in [3.05, 3.63) is 24.5 Å². The molecule has 2 unspecified atom stereocenters. The minimum Gasteiger partial charge on any atom is -0.392 e. The van der Waals surface area contributed by atoms with Gasteiger partial charge in [0.1, 0.15) is 11.3 Å². The molecule has 2 aromatic heterocycles. The first kappa shape index (κ1) is 11.3. The molecule has 0 radical (unpaired) electrons. The van der Waals surface area contributed by atoms with E-state index in [-0.39, 0.29) is 17.6 Å². The Morgan fingerprint density at radius 2 is 2.06 bits per heavy atom. The lowest BCUT2D eigenvalue weighted by Gasteiger charge is -2.49. The van der Waals surface area contributed by atoms with Crippen molar-refractivity contribution in [1.82, 2.24) is 15.0 Å². The molecule has 2 aromatic rings. The fraction of sp³-hybridized carbons (Fsp3) is 0.462. The average Bonchev–Trinajstić information content (AvgIpc) is 2.38. The van der Waals surface area contributed by atoms with E-state index in [1.54, 1.807) is 12.4 Å². The molecule has 0 aromatic carbocycles. The molecular formula is C13H16N4O. The Hall–Kier alpha value is -1.75. The van der Waals surface area contributed by atoms with Gasteiger partial charge in [0.2, 0.25) is 0 Å². The van der Waals surface area contributed by atoms with Gasteiger partial charge in [-0.15, -0.1) is 0 Å². The Bertz CT molecular complexity index is 584. The van der Waals surface area contributed by atoms with Crippen LogP contribution in [0.4, 0.5) is 5.82 Å². The third kappa shape index (κ3) is 1.71. The summed E-state index contributed by atoms with van der Waals surface area (Å²) >= 11 is 0. The van der Waals surface area contributed by atoms with Crippen LogP contribution in [0, 0.1) is 5.41 Å². The summed E-state index contributed by atoms with van der Waals surface area (Å²) in [6.45, 7) is 4.11. The van der Waals surface area contributed by atoms with Crippen LogP contribution in [0.3, 0.4) is 0 Å². The van der Waals surface area contributed by atoms with Gasteiger partial charge in [-0.2, -0.15) is 0 Å². The molecule has 18 heavy (non-hydrogen) atoms. The maximum Gasteiger partial charge on any atom is 0.180 e. The molecule has 94 valence electrons. The molecule has 2 N–H and O–H groups in total. The van der Waals surface area contributed by atoms with Gasteiger partial charge in [0.25, 0.3) is 0 Å². The second-order valence-corrected chi connectivity index (χ2v) is 5.37. The SMILES string of the molecule is CC1(C)C(O)CC1Nc1ccc2nccnc2n1. The number of aliphatic hydroxyl groups is 1. The Morgan fingerprint density at radius 3 is 2.78 bits per heavy atom. The second-order valence-electron chi connectivity index (χ2n) is 5.37. The number of nitrogens with one attached hydrogen (secondary N) is 1. The van der Waals surface area contributed by atoms with Gasteiger partial charge in [-0.05, 0) is 18.6 Å². The van der Waals surface area contributed by atoms with Crippen LogP contribution in [-0.4, -0.2) is 32.2 Å². The largest absolute Gasteiger partial charge is 0.392 e. The van der Waals surface area contributed by atoms with E-state index >= 15 is 0 Å². The Balaban J connectivity index is 1.83. The van der Waals surface area contributed by atoms with Crippen molar-refractivity contribution in [2.24, 2.45) is 5.41 Å². The van der Waals surface area contributed by atoms with E-state index in [1.165, 1.54) is 0 Å². The molecule has 0 spiro atoms. The van der Waals surface area contributed by atoms with Gasteiger partial charge in [0.05, 0.1) is 6.10 Å². The first-order valence-electron chi connectivity index (χ1n) is 6.10. The van der Waals surface area contributed by atoms with E-state index in [2.05, 4.69) is 34.1 Å². The fourth-order valence-electron chi connectivity index (χ4n) is 2.26. The number of aromatic nitrogens is 3. The second kappa shape index (κ2) is 3.88. The van der Waals surface area contributed by atoms with Gasteiger partial charge in [-0.3, -0.25) is 4.98 Å². The van der Waals surface area contributed by atoms with Crippen LogP contribution >= 0.6 is 0 Å². The van der Waals surface area contributed by atoms with E-state index in [1.807, 2.05) is 12.1 Å². The molecule has 1 saturated carbocycles. The average molecular weight is 244 g/mol. The van der Waals surface area contributed by atoms with Crippen LogP contribution in [0.5, 0.6) is 0 Å². The molecule has 0 saturated heterocycles. The van der Waals surface area contributed by atoms with E-state index < -0.39 is 0 Å². The van der Waals surface area contributed by atoms with Crippen molar-refractivity contribution in [2.45, 2.75) is 32.4 Å². The summed E-state index contributed by atoms with van der Waals surface area (Å²) in [5.41, 5.74) is 1.31. The monoisotopic (exact) mass is 244 g/mol. The maximum absolute atomic E-state index is 9.71. The zero-order chi connectivity index (χ0) is 12.8. The molecular weight excluding hydrogens is 228 g/mol. The van der Waals surface area contributed by atoms with Gasteiger partial charge in [-0.25, -0.2) is 9.97 Å². The molecule has 2 atom stereocenters. The predicted molar refractivity (Wildman–Crippen MR) is 69.1 cm³/mol. The van der Waals surface area contributed by atoms with Crippen molar-refractivity contribution in [1.29, 1.82) is 0 Å². The molecule has 0 aliphatic heterocycles. The van der Waals surface area contributed by atoms with E-state index in [9.17, 15) is 5.11 Å². The molecule has 3 rings (SSSR count). The van der Waals surface area contributed by atoms with Crippen molar-refractivity contribution >= 4 is 17.0 Å². The zero-order valence-corrected chi connectivity index (χ0v) is 10.5. The molecule has 1 aliphatic rings. The Kier molecular flexibility index (Phi) is 2.45. The first-order valence-corrected chi connectivity index (χ1v) is 6.10. The van der Waals surface area contributed by atoms with E-state index in [0.717, 1.165) is 17.8 Å². The van der Waals surface area contributed by atoms with Gasteiger partial charge in [0, 0.05) is 23.9 Å². The number of nitrogens with zero attached hydrogens (tertiary/aromatic N) is 3. The maximum atomic E-state index is 9.71. The molecule has 2 heterocycles. The van der Waals surface area contributed by atoms with Gasteiger partial charge in [0.15, 0.2) is 5.65 Å². The van der Waals surface area contributed by atoms with Crippen LogP contribution in [0.1, 0.15) is 20.3 Å². The molecule has 5 heteroatoms. The zero-order valence-electron chi connectivity index (χ0n) is 10.5. The standard InChI is InChI=1S/C13H16N4O/c1-13(2)9(7-10(13)18)16-11-4-3-8-12(17-11)15-6-5-14-8/h3-6,9-10,18H,7H2,1-2H3,(H,15,16,17). The smallest absolute Gasteiger partial charge is 0.180 e. The van der Waals surface area contributed by atoms with E-state index in [0.29, 0.717) is 5.65 Å². The number of hydrogen-bond donors (Lipinski definition) is 2. The van der Waals surface area contributed by atoms with Crippen LogP contribution < -0.4 is 5.32 Å². The highest BCUT2D eigenvalue weighted by Crippen LogP contribution is 2.41. The lowest BCUT2D eigenvalue weighted by molar-refractivity contribution is -0.0511. The molecule has 0 amide bonds. The number of pyridine rings is 1. The van der Waals surface area contributed by atoms with Crippen molar-refractivity contribution in [3.8, 4) is 0 Å². The summed E-state index contributed by atoms with van der Waals surface area (Å²) in [6, 6.07) is 4.05.